The summed E-state index contributed by atoms with van der Waals surface area (Å²) in [5.41, 5.74) is 2.69. The van der Waals surface area contributed by atoms with Crippen molar-refractivity contribution in [2.75, 3.05) is 18.1 Å². The van der Waals surface area contributed by atoms with Crippen LogP contribution in [0.3, 0.4) is 0 Å². The highest BCUT2D eigenvalue weighted by molar-refractivity contribution is 8.16. The topological polar surface area (TPSA) is 55.4 Å². The van der Waals surface area contributed by atoms with Gasteiger partial charge in [-0.3, -0.25) is 4.79 Å². The fraction of sp³-hybridized carbons (Fsp3) is 0.333. The number of amides is 1. The van der Waals surface area contributed by atoms with Crippen LogP contribution >= 0.6 is 23.5 Å². The predicted octanol–water partition coefficient (Wildman–Crippen LogP) is 4.59. The normalized spacial score (nSPS) is 15.7. The molecule has 4 nitrogen and oxygen atoms in total. The van der Waals surface area contributed by atoms with Gasteiger partial charge in [0.1, 0.15) is 0 Å². The number of esters is 1. The summed E-state index contributed by atoms with van der Waals surface area (Å²) in [6, 6.07) is 17.0. The Hall–Kier alpha value is -1.92. The van der Waals surface area contributed by atoms with Gasteiger partial charge in [-0.25, -0.2) is 4.79 Å². The summed E-state index contributed by atoms with van der Waals surface area (Å²) in [6.07, 6.45) is 1.25. The average Bonchev–Trinajstić information content (AvgIpc) is 2.73. The molecule has 2 aromatic rings. The number of ether oxygens (including phenoxy) is 1. The third kappa shape index (κ3) is 5.78. The van der Waals surface area contributed by atoms with Gasteiger partial charge >= 0.3 is 5.97 Å². The van der Waals surface area contributed by atoms with Crippen molar-refractivity contribution >= 4 is 35.4 Å². The number of carbonyl (C=O) groups excluding carboxylic acids is 2. The van der Waals surface area contributed by atoms with Gasteiger partial charge in [0.05, 0.1) is 16.2 Å². The van der Waals surface area contributed by atoms with E-state index in [1.54, 1.807) is 12.1 Å². The van der Waals surface area contributed by atoms with Gasteiger partial charge < -0.3 is 10.1 Å². The number of carbonyl (C=O) groups is 2. The fourth-order valence-corrected chi connectivity index (χ4v) is 5.67. The van der Waals surface area contributed by atoms with Crippen molar-refractivity contribution in [2.24, 2.45) is 0 Å². The van der Waals surface area contributed by atoms with Crippen LogP contribution in [0, 0.1) is 0 Å². The second-order valence-electron chi connectivity index (χ2n) is 6.33. The molecule has 3 rings (SSSR count). The number of thioether (sulfide) groups is 2. The van der Waals surface area contributed by atoms with E-state index in [1.807, 2.05) is 72.9 Å². The van der Waals surface area contributed by atoms with Crippen LogP contribution in [0.1, 0.15) is 45.5 Å². The minimum atomic E-state index is -0.479. The van der Waals surface area contributed by atoms with Crippen LogP contribution in [-0.2, 0) is 9.53 Å². The minimum absolute atomic E-state index is 0.137. The molecule has 6 heteroatoms. The van der Waals surface area contributed by atoms with Gasteiger partial charge in [-0.1, -0.05) is 42.5 Å². The summed E-state index contributed by atoms with van der Waals surface area (Å²) >= 11 is 3.88. The molecule has 0 bridgehead atoms. The molecule has 2 aromatic carbocycles. The summed E-state index contributed by atoms with van der Waals surface area (Å²) in [4.78, 5) is 24.2. The first kappa shape index (κ1) is 19.8. The molecule has 0 saturated carbocycles. The molecule has 0 radical (unpaired) electrons. The van der Waals surface area contributed by atoms with Gasteiger partial charge in [0, 0.05) is 0 Å². The Bertz CT molecular complexity index is 759. The Kier molecular flexibility index (Phi) is 7.24. The van der Waals surface area contributed by atoms with E-state index in [9.17, 15) is 9.59 Å². The quantitative estimate of drug-likeness (QED) is 0.718. The van der Waals surface area contributed by atoms with Crippen LogP contribution in [0.5, 0.6) is 0 Å². The van der Waals surface area contributed by atoms with Crippen LogP contribution in [-0.4, -0.2) is 30.0 Å². The maximum Gasteiger partial charge on any atom is 0.338 e. The molecule has 1 amide bonds. The maximum absolute atomic E-state index is 12.2. The van der Waals surface area contributed by atoms with Gasteiger partial charge in [-0.15, -0.1) is 23.5 Å². The van der Waals surface area contributed by atoms with Crippen molar-refractivity contribution < 1.29 is 14.3 Å². The van der Waals surface area contributed by atoms with Gasteiger partial charge in [-0.2, -0.15) is 0 Å². The van der Waals surface area contributed by atoms with E-state index >= 15 is 0 Å². The molecule has 1 aliphatic heterocycles. The molecule has 1 N–H and O–H groups in total. The van der Waals surface area contributed by atoms with Crippen molar-refractivity contribution in [3.8, 4) is 0 Å². The summed E-state index contributed by atoms with van der Waals surface area (Å²) in [5, 5.41) is 2.83. The Morgan fingerprint density at radius 3 is 2.41 bits per heavy atom. The Balaban J connectivity index is 1.47. The highest BCUT2D eigenvalue weighted by atomic mass is 32.2. The smallest absolute Gasteiger partial charge is 0.338 e. The van der Waals surface area contributed by atoms with Crippen LogP contribution in [0.2, 0.25) is 0 Å². The van der Waals surface area contributed by atoms with Crippen LogP contribution < -0.4 is 5.32 Å². The zero-order valence-corrected chi connectivity index (χ0v) is 16.9. The van der Waals surface area contributed by atoms with Crippen molar-refractivity contribution in [2.45, 2.75) is 24.0 Å². The molecule has 0 spiro atoms. The third-order valence-electron chi connectivity index (χ3n) is 4.26. The van der Waals surface area contributed by atoms with Gasteiger partial charge in [0.2, 0.25) is 0 Å². The summed E-state index contributed by atoms with van der Waals surface area (Å²) in [7, 11) is 0. The number of rotatable bonds is 6. The zero-order valence-electron chi connectivity index (χ0n) is 15.2. The molecule has 1 aliphatic rings. The third-order valence-corrected chi connectivity index (χ3v) is 7.27. The predicted molar refractivity (Wildman–Crippen MR) is 112 cm³/mol. The molecule has 0 aliphatic carbocycles. The summed E-state index contributed by atoms with van der Waals surface area (Å²) in [6.45, 7) is 1.61. The van der Waals surface area contributed by atoms with E-state index in [4.69, 9.17) is 4.74 Å². The lowest BCUT2D eigenvalue weighted by Crippen LogP contribution is -2.31. The van der Waals surface area contributed by atoms with Crippen molar-refractivity contribution in [1.82, 2.24) is 5.32 Å². The number of nitrogens with one attached hydrogen (secondary N) is 1. The van der Waals surface area contributed by atoms with E-state index in [0.29, 0.717) is 10.1 Å². The Labute approximate surface area is 168 Å². The molecule has 0 unspecified atom stereocenters. The number of hydrogen-bond donors (Lipinski definition) is 1. The van der Waals surface area contributed by atoms with Crippen LogP contribution in [0.25, 0.3) is 0 Å². The van der Waals surface area contributed by atoms with Gasteiger partial charge in [0.25, 0.3) is 5.91 Å². The number of hydrogen-bond acceptors (Lipinski definition) is 5. The van der Waals surface area contributed by atoms with Gasteiger partial charge in [-0.05, 0) is 48.1 Å². The lowest BCUT2D eigenvalue weighted by molar-refractivity contribution is -0.124. The van der Waals surface area contributed by atoms with Crippen molar-refractivity contribution in [3.05, 3.63) is 71.3 Å². The first-order valence-corrected chi connectivity index (χ1v) is 11.1. The molecule has 1 heterocycles. The fourth-order valence-electron chi connectivity index (χ4n) is 2.78. The molecule has 142 valence electrons. The summed E-state index contributed by atoms with van der Waals surface area (Å²) in [5.74, 6) is 1.56. The number of benzene rings is 2. The largest absolute Gasteiger partial charge is 0.452 e. The van der Waals surface area contributed by atoms with E-state index in [-0.39, 0.29) is 18.6 Å². The van der Waals surface area contributed by atoms with E-state index < -0.39 is 5.97 Å². The molecule has 27 heavy (non-hydrogen) atoms. The van der Waals surface area contributed by atoms with E-state index in [0.717, 1.165) is 5.56 Å². The Morgan fingerprint density at radius 1 is 1.07 bits per heavy atom. The van der Waals surface area contributed by atoms with Crippen molar-refractivity contribution in [3.63, 3.8) is 0 Å². The molecule has 0 aromatic heterocycles. The molecule has 1 saturated heterocycles. The lowest BCUT2D eigenvalue weighted by Gasteiger charge is -2.21. The van der Waals surface area contributed by atoms with Crippen molar-refractivity contribution in [1.29, 1.82) is 0 Å². The first-order chi connectivity index (χ1) is 13.1. The van der Waals surface area contributed by atoms with E-state index in [2.05, 4.69) is 5.32 Å². The lowest BCUT2D eigenvalue weighted by atomic mass is 10.1. The molecular formula is C21H23NO3S2. The maximum atomic E-state index is 12.2. The standard InChI is InChI=1S/C21H23NO3S2/c1-15(16-6-3-2-4-7-16)22-19(23)14-25-20(24)17-8-10-18(11-9-17)21-26-12-5-13-27-21/h2-4,6-11,15,21H,5,12-14H2,1H3,(H,22,23)/t15-/m1/s1. The molecule has 1 fully saturated rings. The van der Waals surface area contributed by atoms with E-state index in [1.165, 1.54) is 23.5 Å². The first-order valence-electron chi connectivity index (χ1n) is 8.98. The molecular weight excluding hydrogens is 378 g/mol. The second kappa shape index (κ2) is 9.85. The highest BCUT2D eigenvalue weighted by Crippen LogP contribution is 2.43. The average molecular weight is 402 g/mol. The van der Waals surface area contributed by atoms with Crippen LogP contribution in [0.15, 0.2) is 54.6 Å². The molecule has 1 atom stereocenters. The van der Waals surface area contributed by atoms with Crippen LogP contribution in [0.4, 0.5) is 0 Å². The highest BCUT2D eigenvalue weighted by Gasteiger charge is 2.18. The SMILES string of the molecule is C[C@@H](NC(=O)COC(=O)c1ccc(C2SCCCS2)cc1)c1ccccc1. The van der Waals surface area contributed by atoms with Gasteiger partial charge in [0.15, 0.2) is 6.61 Å². The second-order valence-corrected chi connectivity index (χ2v) is 9.05. The monoisotopic (exact) mass is 401 g/mol. The Morgan fingerprint density at radius 2 is 1.74 bits per heavy atom. The zero-order chi connectivity index (χ0) is 19.1. The minimum Gasteiger partial charge on any atom is -0.452 e. The summed E-state index contributed by atoms with van der Waals surface area (Å²) < 4.78 is 5.59.